The van der Waals surface area contributed by atoms with Gasteiger partial charge in [0, 0.05) is 5.02 Å². The van der Waals surface area contributed by atoms with E-state index in [1.165, 1.54) is 6.92 Å². The minimum Gasteiger partial charge on any atom is -0.436 e. The Morgan fingerprint density at radius 2 is 2.00 bits per heavy atom. The van der Waals surface area contributed by atoms with Gasteiger partial charge in [0.2, 0.25) is 5.89 Å². The largest absolute Gasteiger partial charge is 0.436 e. The van der Waals surface area contributed by atoms with E-state index in [-0.39, 0.29) is 17.4 Å². The lowest BCUT2D eigenvalue weighted by molar-refractivity contribution is 0.487. The Balaban J connectivity index is 2.10. The number of halogens is 1. The standard InChI is InChI=1S/C15H12ClNO4S/c1-2-22(18,19)21-13-6-4-3-5-11(13)15-17-12-9-10(16)7-8-14(12)20-15/h3-9H,2H2,1H3. The average Bonchev–Trinajstić information content (AvgIpc) is 2.90. The third kappa shape index (κ3) is 2.93. The van der Waals surface area contributed by atoms with Crippen molar-refractivity contribution in [1.82, 2.24) is 4.98 Å². The molecule has 0 amide bonds. The number of para-hydroxylation sites is 1. The summed E-state index contributed by atoms with van der Waals surface area (Å²) in [5.41, 5.74) is 1.62. The summed E-state index contributed by atoms with van der Waals surface area (Å²) in [6, 6.07) is 11.8. The van der Waals surface area contributed by atoms with Crippen LogP contribution in [0.25, 0.3) is 22.6 Å². The number of fused-ring (bicyclic) bond motifs is 1. The molecule has 5 nitrogen and oxygen atoms in total. The first kappa shape index (κ1) is 14.9. The molecule has 0 aliphatic carbocycles. The van der Waals surface area contributed by atoms with Gasteiger partial charge in [-0.1, -0.05) is 23.7 Å². The molecular formula is C15H12ClNO4S. The highest BCUT2D eigenvalue weighted by molar-refractivity contribution is 7.87. The second-order valence-electron chi connectivity index (χ2n) is 4.56. The van der Waals surface area contributed by atoms with Gasteiger partial charge < -0.3 is 8.60 Å². The van der Waals surface area contributed by atoms with Crippen molar-refractivity contribution in [2.75, 3.05) is 5.75 Å². The highest BCUT2D eigenvalue weighted by Crippen LogP contribution is 2.33. The fraction of sp³-hybridized carbons (Fsp3) is 0.133. The van der Waals surface area contributed by atoms with Crippen LogP contribution in [0.1, 0.15) is 6.92 Å². The van der Waals surface area contributed by atoms with Crippen molar-refractivity contribution in [2.24, 2.45) is 0 Å². The van der Waals surface area contributed by atoms with Crippen molar-refractivity contribution < 1.29 is 17.0 Å². The normalized spacial score (nSPS) is 11.7. The number of hydrogen-bond acceptors (Lipinski definition) is 5. The van der Waals surface area contributed by atoms with Crippen LogP contribution in [0, 0.1) is 0 Å². The van der Waals surface area contributed by atoms with Gasteiger partial charge in [-0.15, -0.1) is 0 Å². The lowest BCUT2D eigenvalue weighted by Gasteiger charge is -2.07. The van der Waals surface area contributed by atoms with Gasteiger partial charge in [-0.25, -0.2) is 4.98 Å². The van der Waals surface area contributed by atoms with Crippen LogP contribution < -0.4 is 4.18 Å². The van der Waals surface area contributed by atoms with Crippen molar-refractivity contribution in [3.05, 3.63) is 47.5 Å². The maximum absolute atomic E-state index is 11.7. The Kier molecular flexibility index (Phi) is 3.80. The van der Waals surface area contributed by atoms with Crippen molar-refractivity contribution >= 4 is 32.8 Å². The summed E-state index contributed by atoms with van der Waals surface area (Å²) in [5.74, 6) is 0.339. The molecule has 0 radical (unpaired) electrons. The van der Waals surface area contributed by atoms with E-state index in [4.69, 9.17) is 20.2 Å². The number of aromatic nitrogens is 1. The van der Waals surface area contributed by atoms with Crippen molar-refractivity contribution in [3.8, 4) is 17.2 Å². The van der Waals surface area contributed by atoms with Gasteiger partial charge in [0.05, 0.1) is 11.3 Å². The third-order valence-corrected chi connectivity index (χ3v) is 4.41. The SMILES string of the molecule is CCS(=O)(=O)Oc1ccccc1-c1nc2cc(Cl)ccc2o1. The second kappa shape index (κ2) is 5.62. The van der Waals surface area contributed by atoms with Crippen LogP contribution in [0.5, 0.6) is 5.75 Å². The van der Waals surface area contributed by atoms with Crippen LogP contribution in [0.2, 0.25) is 5.02 Å². The summed E-state index contributed by atoms with van der Waals surface area (Å²) in [4.78, 5) is 4.33. The Bertz CT molecular complexity index is 934. The summed E-state index contributed by atoms with van der Waals surface area (Å²) in [6.45, 7) is 1.51. The summed E-state index contributed by atoms with van der Waals surface area (Å²) < 4.78 is 34.1. The highest BCUT2D eigenvalue weighted by Gasteiger charge is 2.17. The molecular weight excluding hydrogens is 326 g/mol. The minimum atomic E-state index is -3.63. The van der Waals surface area contributed by atoms with Gasteiger partial charge >= 0.3 is 10.1 Å². The van der Waals surface area contributed by atoms with Gasteiger partial charge in [0.1, 0.15) is 5.52 Å². The average molecular weight is 338 g/mol. The van der Waals surface area contributed by atoms with Crippen LogP contribution in [0.15, 0.2) is 46.9 Å². The van der Waals surface area contributed by atoms with Crippen molar-refractivity contribution in [3.63, 3.8) is 0 Å². The van der Waals surface area contributed by atoms with E-state index in [0.29, 0.717) is 21.7 Å². The van der Waals surface area contributed by atoms with Gasteiger partial charge in [-0.3, -0.25) is 0 Å². The first-order valence-corrected chi connectivity index (χ1v) is 8.52. The Morgan fingerprint density at radius 1 is 1.23 bits per heavy atom. The third-order valence-electron chi connectivity index (χ3n) is 3.04. The molecule has 0 saturated heterocycles. The Labute approximate surface area is 132 Å². The molecule has 114 valence electrons. The fourth-order valence-electron chi connectivity index (χ4n) is 1.93. The molecule has 0 aliphatic heterocycles. The molecule has 1 aromatic heterocycles. The Morgan fingerprint density at radius 3 is 2.77 bits per heavy atom. The van der Waals surface area contributed by atoms with Gasteiger partial charge in [-0.05, 0) is 37.3 Å². The zero-order valence-electron chi connectivity index (χ0n) is 11.6. The van der Waals surface area contributed by atoms with E-state index in [1.54, 1.807) is 42.5 Å². The molecule has 0 fully saturated rings. The minimum absolute atomic E-state index is 0.121. The molecule has 0 aliphatic rings. The molecule has 0 unspecified atom stereocenters. The van der Waals surface area contributed by atoms with E-state index >= 15 is 0 Å². The number of benzene rings is 2. The first-order valence-electron chi connectivity index (χ1n) is 6.56. The van der Waals surface area contributed by atoms with Crippen LogP contribution in [-0.4, -0.2) is 19.2 Å². The maximum atomic E-state index is 11.7. The van der Waals surface area contributed by atoms with Gasteiger partial charge in [0.15, 0.2) is 11.3 Å². The number of hydrogen-bond donors (Lipinski definition) is 0. The topological polar surface area (TPSA) is 69.4 Å². The number of oxazole rings is 1. The van der Waals surface area contributed by atoms with E-state index in [1.807, 2.05) is 0 Å². The van der Waals surface area contributed by atoms with E-state index < -0.39 is 10.1 Å². The second-order valence-corrected chi connectivity index (χ2v) is 6.85. The van der Waals surface area contributed by atoms with E-state index in [9.17, 15) is 8.42 Å². The van der Waals surface area contributed by atoms with Crippen LogP contribution in [0.4, 0.5) is 0 Å². The summed E-state index contributed by atoms with van der Waals surface area (Å²) in [6.07, 6.45) is 0. The number of nitrogens with zero attached hydrogens (tertiary/aromatic N) is 1. The molecule has 0 saturated carbocycles. The quantitative estimate of drug-likeness (QED) is 0.676. The lowest BCUT2D eigenvalue weighted by atomic mass is 10.2. The molecule has 7 heteroatoms. The molecule has 0 N–H and O–H groups in total. The lowest BCUT2D eigenvalue weighted by Crippen LogP contribution is -2.11. The van der Waals surface area contributed by atoms with Gasteiger partial charge in [0.25, 0.3) is 0 Å². The predicted molar refractivity (Wildman–Crippen MR) is 84.5 cm³/mol. The zero-order valence-corrected chi connectivity index (χ0v) is 13.2. The molecule has 2 aromatic carbocycles. The number of rotatable bonds is 4. The molecule has 0 bridgehead atoms. The van der Waals surface area contributed by atoms with E-state index in [0.717, 1.165) is 0 Å². The maximum Gasteiger partial charge on any atom is 0.308 e. The Hall–Kier alpha value is -2.05. The van der Waals surface area contributed by atoms with Gasteiger partial charge in [-0.2, -0.15) is 8.42 Å². The molecule has 0 spiro atoms. The van der Waals surface area contributed by atoms with E-state index in [2.05, 4.69) is 4.98 Å². The zero-order chi connectivity index (χ0) is 15.7. The van der Waals surface area contributed by atoms with Crippen molar-refractivity contribution in [1.29, 1.82) is 0 Å². The van der Waals surface area contributed by atoms with Crippen molar-refractivity contribution in [2.45, 2.75) is 6.92 Å². The molecule has 3 rings (SSSR count). The molecule has 3 aromatic rings. The smallest absolute Gasteiger partial charge is 0.308 e. The van der Waals surface area contributed by atoms with Crippen LogP contribution >= 0.6 is 11.6 Å². The highest BCUT2D eigenvalue weighted by atomic mass is 35.5. The summed E-state index contributed by atoms with van der Waals surface area (Å²) in [7, 11) is -3.63. The predicted octanol–water partition coefficient (Wildman–Crippen LogP) is 3.88. The summed E-state index contributed by atoms with van der Waals surface area (Å²) >= 11 is 5.93. The first-order chi connectivity index (χ1) is 10.5. The molecule has 22 heavy (non-hydrogen) atoms. The monoisotopic (exact) mass is 337 g/mol. The summed E-state index contributed by atoms with van der Waals surface area (Å²) in [5, 5.41) is 0.547. The van der Waals surface area contributed by atoms with Crippen LogP contribution in [0.3, 0.4) is 0 Å². The van der Waals surface area contributed by atoms with Crippen LogP contribution in [-0.2, 0) is 10.1 Å². The molecule has 0 atom stereocenters. The molecule has 1 heterocycles. The fourth-order valence-corrected chi connectivity index (χ4v) is 2.63.